The maximum absolute atomic E-state index is 12.3. The molecule has 1 aromatic heterocycles. The summed E-state index contributed by atoms with van der Waals surface area (Å²) in [4.78, 5) is 22.2. The molecule has 1 aliphatic heterocycles. The van der Waals surface area contributed by atoms with Crippen molar-refractivity contribution in [2.24, 2.45) is 0 Å². The van der Waals surface area contributed by atoms with Gasteiger partial charge in [-0.15, -0.1) is 0 Å². The molecule has 3 rings (SSSR count). The van der Waals surface area contributed by atoms with Crippen LogP contribution in [0, 0.1) is 0 Å². The Kier molecular flexibility index (Phi) is 5.05. The Bertz CT molecular complexity index is 718. The van der Waals surface area contributed by atoms with Crippen LogP contribution < -0.4 is 9.47 Å². The van der Waals surface area contributed by atoms with Crippen molar-refractivity contribution in [3.05, 3.63) is 54.4 Å². The standard InChI is InChI=1S/C18H19N3O3/c1-23-16-11-19-12-17(20-16)24-15-9-10-21(13-15)18(22)8-7-14-5-3-2-4-6-14/h2-8,11-12,15H,9-10,13H2,1H3/b8-7+/t15-/m0/s1. The predicted molar refractivity (Wildman–Crippen MR) is 89.7 cm³/mol. The van der Waals surface area contributed by atoms with Gasteiger partial charge in [0.1, 0.15) is 6.10 Å². The number of hydrogen-bond donors (Lipinski definition) is 0. The van der Waals surface area contributed by atoms with Crippen LogP contribution in [-0.2, 0) is 4.79 Å². The van der Waals surface area contributed by atoms with Crippen LogP contribution in [-0.4, -0.2) is 47.1 Å². The number of hydrogen-bond acceptors (Lipinski definition) is 5. The fourth-order valence-electron chi connectivity index (χ4n) is 2.52. The lowest BCUT2D eigenvalue weighted by Gasteiger charge is -2.15. The summed E-state index contributed by atoms with van der Waals surface area (Å²) in [6.45, 7) is 1.21. The van der Waals surface area contributed by atoms with Crippen LogP contribution in [0.4, 0.5) is 0 Å². The lowest BCUT2D eigenvalue weighted by Crippen LogP contribution is -2.29. The molecular weight excluding hydrogens is 306 g/mol. The van der Waals surface area contributed by atoms with Crippen LogP contribution in [0.5, 0.6) is 11.8 Å². The van der Waals surface area contributed by atoms with Crippen molar-refractivity contribution in [3.63, 3.8) is 0 Å². The number of benzene rings is 1. The highest BCUT2D eigenvalue weighted by atomic mass is 16.5. The first-order valence-corrected chi connectivity index (χ1v) is 7.79. The third-order valence-corrected chi connectivity index (χ3v) is 3.76. The zero-order valence-electron chi connectivity index (χ0n) is 13.5. The van der Waals surface area contributed by atoms with Gasteiger partial charge in [-0.3, -0.25) is 9.78 Å². The number of nitrogens with zero attached hydrogens (tertiary/aromatic N) is 3. The number of likely N-dealkylation sites (tertiary alicyclic amines) is 1. The third-order valence-electron chi connectivity index (χ3n) is 3.76. The Morgan fingerprint density at radius 1 is 1.25 bits per heavy atom. The van der Waals surface area contributed by atoms with Gasteiger partial charge in [-0.05, 0) is 11.6 Å². The topological polar surface area (TPSA) is 64.6 Å². The van der Waals surface area contributed by atoms with E-state index in [0.717, 1.165) is 12.0 Å². The normalized spacial score (nSPS) is 17.2. The van der Waals surface area contributed by atoms with Crippen molar-refractivity contribution in [1.82, 2.24) is 14.9 Å². The first-order chi connectivity index (χ1) is 11.7. The van der Waals surface area contributed by atoms with Crippen molar-refractivity contribution >= 4 is 12.0 Å². The molecule has 1 atom stereocenters. The number of amides is 1. The molecule has 0 saturated carbocycles. The van der Waals surface area contributed by atoms with Gasteiger partial charge in [0.25, 0.3) is 0 Å². The van der Waals surface area contributed by atoms with Crippen molar-refractivity contribution in [1.29, 1.82) is 0 Å². The van der Waals surface area contributed by atoms with E-state index < -0.39 is 0 Å². The highest BCUT2D eigenvalue weighted by Gasteiger charge is 2.26. The Hall–Kier alpha value is -2.89. The summed E-state index contributed by atoms with van der Waals surface area (Å²) in [6, 6.07) is 9.75. The predicted octanol–water partition coefficient (Wildman–Crippen LogP) is 2.18. The molecule has 1 amide bonds. The van der Waals surface area contributed by atoms with E-state index in [1.165, 1.54) is 13.3 Å². The van der Waals surface area contributed by atoms with Crippen LogP contribution in [0.3, 0.4) is 0 Å². The SMILES string of the molecule is COc1cncc(O[C@H]2CCN(C(=O)/C=C/c3ccccc3)C2)n1. The second-order valence-electron chi connectivity index (χ2n) is 5.46. The molecule has 1 aliphatic rings. The lowest BCUT2D eigenvalue weighted by molar-refractivity contribution is -0.125. The lowest BCUT2D eigenvalue weighted by atomic mass is 10.2. The van der Waals surface area contributed by atoms with Crippen LogP contribution in [0.25, 0.3) is 6.08 Å². The molecule has 24 heavy (non-hydrogen) atoms. The molecule has 2 heterocycles. The molecule has 0 N–H and O–H groups in total. The molecule has 0 radical (unpaired) electrons. The summed E-state index contributed by atoms with van der Waals surface area (Å²) < 4.78 is 10.8. The minimum absolute atomic E-state index is 0.0123. The van der Waals surface area contributed by atoms with E-state index in [0.29, 0.717) is 24.8 Å². The van der Waals surface area contributed by atoms with Gasteiger partial charge >= 0.3 is 0 Å². The van der Waals surface area contributed by atoms with E-state index in [9.17, 15) is 4.79 Å². The van der Waals surface area contributed by atoms with Crippen LogP contribution >= 0.6 is 0 Å². The Balaban J connectivity index is 1.54. The number of aromatic nitrogens is 2. The molecule has 124 valence electrons. The quantitative estimate of drug-likeness (QED) is 0.788. The molecule has 0 unspecified atom stereocenters. The highest BCUT2D eigenvalue weighted by molar-refractivity contribution is 5.92. The summed E-state index contributed by atoms with van der Waals surface area (Å²) in [5.41, 5.74) is 1.00. The van der Waals surface area contributed by atoms with E-state index in [-0.39, 0.29) is 12.0 Å². The average molecular weight is 325 g/mol. The summed E-state index contributed by atoms with van der Waals surface area (Å²) in [5, 5.41) is 0. The van der Waals surface area contributed by atoms with Crippen molar-refractivity contribution in [3.8, 4) is 11.8 Å². The second-order valence-corrected chi connectivity index (χ2v) is 5.46. The van der Waals surface area contributed by atoms with Crippen molar-refractivity contribution < 1.29 is 14.3 Å². The smallest absolute Gasteiger partial charge is 0.246 e. The van der Waals surface area contributed by atoms with Gasteiger partial charge in [0, 0.05) is 19.0 Å². The first-order valence-electron chi connectivity index (χ1n) is 7.79. The van der Waals surface area contributed by atoms with E-state index in [1.54, 1.807) is 17.2 Å². The van der Waals surface area contributed by atoms with Gasteiger partial charge in [0.2, 0.25) is 17.7 Å². The van der Waals surface area contributed by atoms with Gasteiger partial charge in [0.15, 0.2) is 0 Å². The average Bonchev–Trinajstić information content (AvgIpc) is 3.09. The van der Waals surface area contributed by atoms with Crippen LogP contribution in [0.2, 0.25) is 0 Å². The van der Waals surface area contributed by atoms with Gasteiger partial charge in [0.05, 0.1) is 26.0 Å². The molecule has 0 aliphatic carbocycles. The minimum atomic E-state index is -0.0829. The summed E-state index contributed by atoms with van der Waals surface area (Å²) in [7, 11) is 1.53. The summed E-state index contributed by atoms with van der Waals surface area (Å²) in [5.74, 6) is 0.805. The molecule has 2 aromatic rings. The van der Waals surface area contributed by atoms with E-state index >= 15 is 0 Å². The van der Waals surface area contributed by atoms with E-state index in [4.69, 9.17) is 9.47 Å². The third kappa shape index (κ3) is 4.10. The minimum Gasteiger partial charge on any atom is -0.480 e. The fraction of sp³-hybridized carbons (Fsp3) is 0.278. The number of methoxy groups -OCH3 is 1. The van der Waals surface area contributed by atoms with E-state index in [2.05, 4.69) is 9.97 Å². The second kappa shape index (κ2) is 7.59. The number of ether oxygens (including phenoxy) is 2. The monoisotopic (exact) mass is 325 g/mol. The Labute approximate surface area is 140 Å². The zero-order chi connectivity index (χ0) is 16.8. The maximum Gasteiger partial charge on any atom is 0.246 e. The van der Waals surface area contributed by atoms with E-state index in [1.807, 2.05) is 36.4 Å². The van der Waals surface area contributed by atoms with Crippen LogP contribution in [0.15, 0.2) is 48.8 Å². The largest absolute Gasteiger partial charge is 0.480 e. The first kappa shape index (κ1) is 16.0. The van der Waals surface area contributed by atoms with Crippen molar-refractivity contribution in [2.75, 3.05) is 20.2 Å². The molecule has 0 bridgehead atoms. The molecule has 0 spiro atoms. The highest BCUT2D eigenvalue weighted by Crippen LogP contribution is 2.18. The molecule has 6 heteroatoms. The van der Waals surface area contributed by atoms with Gasteiger partial charge in [-0.25, -0.2) is 0 Å². The van der Waals surface area contributed by atoms with Crippen molar-refractivity contribution in [2.45, 2.75) is 12.5 Å². The molecule has 6 nitrogen and oxygen atoms in total. The molecule has 1 fully saturated rings. The number of carbonyl (C=O) groups is 1. The van der Waals surface area contributed by atoms with Gasteiger partial charge in [-0.1, -0.05) is 30.3 Å². The number of rotatable bonds is 5. The Morgan fingerprint density at radius 3 is 2.83 bits per heavy atom. The summed E-state index contributed by atoms with van der Waals surface area (Å²) >= 11 is 0. The molecule has 1 aromatic carbocycles. The van der Waals surface area contributed by atoms with Gasteiger partial charge in [-0.2, -0.15) is 4.98 Å². The van der Waals surface area contributed by atoms with Crippen LogP contribution in [0.1, 0.15) is 12.0 Å². The van der Waals surface area contributed by atoms with Gasteiger partial charge < -0.3 is 14.4 Å². The fourth-order valence-corrected chi connectivity index (χ4v) is 2.52. The number of carbonyl (C=O) groups excluding carboxylic acids is 1. The molecular formula is C18H19N3O3. The summed E-state index contributed by atoms with van der Waals surface area (Å²) in [6.07, 6.45) is 7.17. The molecule has 1 saturated heterocycles. The Morgan fingerprint density at radius 2 is 2.04 bits per heavy atom. The zero-order valence-corrected chi connectivity index (χ0v) is 13.5. The maximum atomic E-state index is 12.3.